The van der Waals surface area contributed by atoms with Crippen molar-refractivity contribution < 1.29 is 23.3 Å². The first-order chi connectivity index (χ1) is 15.7. The highest BCUT2D eigenvalue weighted by molar-refractivity contribution is 6.46. The number of imide groups is 1. The molecule has 1 aliphatic heterocycles. The number of nitro groups is 1. The summed E-state index contributed by atoms with van der Waals surface area (Å²) in [5.74, 6) is -3.86. The zero-order valence-electron chi connectivity index (χ0n) is 17.6. The van der Waals surface area contributed by atoms with Gasteiger partial charge in [-0.25, -0.2) is 13.7 Å². The second-order valence-corrected chi connectivity index (χ2v) is 7.54. The Balaban J connectivity index is 1.85. The molecule has 0 aliphatic carbocycles. The minimum absolute atomic E-state index is 0.0412. The smallest absolute Gasteiger partial charge is 0.282 e. The fourth-order valence-corrected chi connectivity index (χ4v) is 3.53. The predicted molar refractivity (Wildman–Crippen MR) is 118 cm³/mol. The Morgan fingerprint density at radius 1 is 0.879 bits per heavy atom. The van der Waals surface area contributed by atoms with Gasteiger partial charge in [0.25, 0.3) is 17.5 Å². The van der Waals surface area contributed by atoms with Crippen LogP contribution in [0.15, 0.2) is 66.4 Å². The third kappa shape index (κ3) is 3.96. The van der Waals surface area contributed by atoms with Crippen molar-refractivity contribution in [2.45, 2.75) is 13.8 Å². The van der Waals surface area contributed by atoms with Gasteiger partial charge in [-0.15, -0.1) is 0 Å². The summed E-state index contributed by atoms with van der Waals surface area (Å²) in [5, 5.41) is 14.0. The van der Waals surface area contributed by atoms with Gasteiger partial charge in [-0.3, -0.25) is 19.7 Å². The topological polar surface area (TPSA) is 92.6 Å². The number of benzene rings is 3. The van der Waals surface area contributed by atoms with Crippen LogP contribution in [0.4, 0.5) is 25.8 Å². The minimum Gasteiger partial charge on any atom is -0.350 e. The summed E-state index contributed by atoms with van der Waals surface area (Å²) in [5.41, 5.74) is 2.12. The molecule has 0 saturated carbocycles. The van der Waals surface area contributed by atoms with Crippen molar-refractivity contribution in [3.63, 3.8) is 0 Å². The molecule has 1 aliphatic rings. The number of aryl methyl sites for hydroxylation is 2. The van der Waals surface area contributed by atoms with Crippen molar-refractivity contribution in [2.24, 2.45) is 0 Å². The number of nitro benzene ring substituents is 1. The molecule has 9 heteroatoms. The summed E-state index contributed by atoms with van der Waals surface area (Å²) in [6.07, 6.45) is 0. The van der Waals surface area contributed by atoms with Gasteiger partial charge in [-0.05, 0) is 60.9 Å². The molecule has 1 heterocycles. The second kappa shape index (κ2) is 8.27. The Bertz CT molecular complexity index is 1350. The summed E-state index contributed by atoms with van der Waals surface area (Å²) in [6.45, 7) is 3.69. The minimum atomic E-state index is -1.21. The number of nitrogens with one attached hydrogen (secondary N) is 1. The van der Waals surface area contributed by atoms with Crippen LogP contribution in [0.1, 0.15) is 16.7 Å². The first-order valence-electron chi connectivity index (χ1n) is 9.84. The van der Waals surface area contributed by atoms with Gasteiger partial charge in [-0.2, -0.15) is 0 Å². The highest BCUT2D eigenvalue weighted by Crippen LogP contribution is 2.35. The maximum absolute atomic E-state index is 13.9. The lowest BCUT2D eigenvalue weighted by molar-refractivity contribution is -0.384. The molecule has 166 valence electrons. The Morgan fingerprint density at radius 2 is 1.58 bits per heavy atom. The predicted octanol–water partition coefficient (Wildman–Crippen LogP) is 4.89. The SMILES string of the molecule is Cc1ccc(C)c(NC2=C(c3ccc([N+](=O)[O-])cc3)C(=O)N(c3ccc(F)c(F)c3)C2=O)c1. The molecule has 2 amide bonds. The fourth-order valence-electron chi connectivity index (χ4n) is 3.53. The molecule has 33 heavy (non-hydrogen) atoms. The number of hydrogen-bond donors (Lipinski definition) is 1. The molecule has 0 spiro atoms. The molecule has 7 nitrogen and oxygen atoms in total. The Kier molecular flexibility index (Phi) is 5.47. The van der Waals surface area contributed by atoms with Crippen LogP contribution in [-0.2, 0) is 9.59 Å². The van der Waals surface area contributed by atoms with Crippen LogP contribution in [0, 0.1) is 35.6 Å². The zero-order valence-corrected chi connectivity index (χ0v) is 17.6. The summed E-state index contributed by atoms with van der Waals surface area (Å²) >= 11 is 0. The van der Waals surface area contributed by atoms with Crippen LogP contribution >= 0.6 is 0 Å². The maximum atomic E-state index is 13.9. The lowest BCUT2D eigenvalue weighted by Crippen LogP contribution is -2.32. The number of nitrogens with zero attached hydrogens (tertiary/aromatic N) is 2. The number of amides is 2. The van der Waals surface area contributed by atoms with E-state index in [0.29, 0.717) is 5.69 Å². The normalized spacial score (nSPS) is 13.6. The molecule has 3 aromatic rings. The molecule has 3 aromatic carbocycles. The van der Waals surface area contributed by atoms with E-state index < -0.39 is 28.4 Å². The quantitative estimate of drug-likeness (QED) is 0.340. The molecule has 0 aromatic heterocycles. The number of rotatable bonds is 5. The van der Waals surface area contributed by atoms with E-state index in [0.717, 1.165) is 34.2 Å². The molecule has 0 fully saturated rings. The zero-order chi connectivity index (χ0) is 23.9. The highest BCUT2D eigenvalue weighted by atomic mass is 19.2. The van der Waals surface area contributed by atoms with E-state index in [9.17, 15) is 28.5 Å². The summed E-state index contributed by atoms with van der Waals surface area (Å²) in [4.78, 5) is 37.8. The van der Waals surface area contributed by atoms with Gasteiger partial charge in [0, 0.05) is 23.9 Å². The molecule has 4 rings (SSSR count). The van der Waals surface area contributed by atoms with Gasteiger partial charge in [0.05, 0.1) is 16.2 Å². The summed E-state index contributed by atoms with van der Waals surface area (Å²) in [7, 11) is 0. The number of hydrogen-bond acceptors (Lipinski definition) is 5. The van der Waals surface area contributed by atoms with Crippen LogP contribution in [0.3, 0.4) is 0 Å². The Hall–Kier alpha value is -4.40. The van der Waals surface area contributed by atoms with Crippen LogP contribution in [0.5, 0.6) is 0 Å². The van der Waals surface area contributed by atoms with Gasteiger partial charge in [0.1, 0.15) is 5.70 Å². The number of halogens is 2. The van der Waals surface area contributed by atoms with Crippen LogP contribution < -0.4 is 10.2 Å². The third-order valence-corrected chi connectivity index (χ3v) is 5.26. The molecule has 0 radical (unpaired) electrons. The van der Waals surface area contributed by atoms with Crippen LogP contribution in [0.2, 0.25) is 0 Å². The van der Waals surface area contributed by atoms with Crippen molar-refractivity contribution >= 4 is 34.4 Å². The Labute approximate surface area is 187 Å². The molecule has 0 unspecified atom stereocenters. The van der Waals surface area contributed by atoms with E-state index >= 15 is 0 Å². The standard InChI is InChI=1S/C24H17F2N3O4/c1-13-3-4-14(2)20(11-13)27-22-21(15-5-7-16(8-6-15)29(32)33)23(30)28(24(22)31)17-9-10-18(25)19(26)12-17/h3-12,27H,1-2H3. The fraction of sp³-hybridized carbons (Fsp3) is 0.0833. The molecule has 1 N–H and O–H groups in total. The van der Waals surface area contributed by atoms with E-state index in [1.165, 1.54) is 24.3 Å². The van der Waals surface area contributed by atoms with Gasteiger partial charge in [0.15, 0.2) is 11.6 Å². The summed E-state index contributed by atoms with van der Waals surface area (Å²) < 4.78 is 27.3. The number of anilines is 2. The van der Waals surface area contributed by atoms with E-state index in [-0.39, 0.29) is 28.2 Å². The number of carbonyl (C=O) groups is 2. The lowest BCUT2D eigenvalue weighted by atomic mass is 10.0. The van der Waals surface area contributed by atoms with E-state index in [2.05, 4.69) is 5.32 Å². The first-order valence-corrected chi connectivity index (χ1v) is 9.84. The largest absolute Gasteiger partial charge is 0.350 e. The van der Waals surface area contributed by atoms with E-state index in [1.807, 2.05) is 26.0 Å². The molecule has 0 saturated heterocycles. The van der Waals surface area contributed by atoms with Crippen molar-refractivity contribution in [1.29, 1.82) is 0 Å². The van der Waals surface area contributed by atoms with Gasteiger partial charge in [-0.1, -0.05) is 12.1 Å². The molecular weight excluding hydrogens is 432 g/mol. The Morgan fingerprint density at radius 3 is 2.21 bits per heavy atom. The van der Waals surface area contributed by atoms with Crippen molar-refractivity contribution in [3.05, 3.63) is 105 Å². The van der Waals surface area contributed by atoms with E-state index in [4.69, 9.17) is 0 Å². The average molecular weight is 449 g/mol. The molecule has 0 bridgehead atoms. The highest BCUT2D eigenvalue weighted by Gasteiger charge is 2.40. The van der Waals surface area contributed by atoms with Crippen molar-refractivity contribution in [3.8, 4) is 0 Å². The molecule has 0 atom stereocenters. The van der Waals surface area contributed by atoms with Crippen LogP contribution in [-0.4, -0.2) is 16.7 Å². The number of non-ortho nitro benzene ring substituents is 1. The monoisotopic (exact) mass is 449 g/mol. The van der Waals surface area contributed by atoms with Crippen LogP contribution in [0.25, 0.3) is 5.57 Å². The second-order valence-electron chi connectivity index (χ2n) is 7.54. The van der Waals surface area contributed by atoms with Gasteiger partial charge in [0.2, 0.25) is 0 Å². The maximum Gasteiger partial charge on any atom is 0.282 e. The lowest BCUT2D eigenvalue weighted by Gasteiger charge is -2.16. The van der Waals surface area contributed by atoms with E-state index in [1.54, 1.807) is 6.07 Å². The van der Waals surface area contributed by atoms with Crippen molar-refractivity contribution in [1.82, 2.24) is 0 Å². The summed E-state index contributed by atoms with van der Waals surface area (Å²) in [6, 6.07) is 13.4. The molecular formula is C24H17F2N3O4. The number of carbonyl (C=O) groups excluding carboxylic acids is 2. The van der Waals surface area contributed by atoms with Gasteiger partial charge >= 0.3 is 0 Å². The third-order valence-electron chi connectivity index (χ3n) is 5.26. The average Bonchev–Trinajstić information content (AvgIpc) is 3.02. The van der Waals surface area contributed by atoms with Crippen molar-refractivity contribution in [2.75, 3.05) is 10.2 Å². The van der Waals surface area contributed by atoms with Gasteiger partial charge < -0.3 is 5.32 Å². The first kappa shape index (κ1) is 21.8.